The van der Waals surface area contributed by atoms with E-state index in [9.17, 15) is 4.79 Å². The number of carbonyl (C=O) groups is 1. The van der Waals surface area contributed by atoms with Gasteiger partial charge in [-0.15, -0.1) is 0 Å². The molecule has 1 aromatic rings. The minimum atomic E-state index is -1.03. The Morgan fingerprint density at radius 1 is 1.79 bits per heavy atom. The largest absolute Gasteiger partial charge is 0.497 e. The summed E-state index contributed by atoms with van der Waals surface area (Å²) in [6.45, 7) is 0. The maximum atomic E-state index is 10.5. The van der Waals surface area contributed by atoms with Crippen molar-refractivity contribution >= 4 is 5.97 Å². The second kappa shape index (κ2) is 4.57. The summed E-state index contributed by atoms with van der Waals surface area (Å²) in [6.07, 6.45) is 1.76. The average molecular weight is 196 g/mol. The van der Waals surface area contributed by atoms with Crippen LogP contribution in [0.2, 0.25) is 0 Å². The smallest absolute Gasteiger partial charge is 0.320 e. The fourth-order valence-electron chi connectivity index (χ4n) is 1.01. The average Bonchev–Trinajstić information content (AvgIpc) is 2.18. The van der Waals surface area contributed by atoms with Crippen molar-refractivity contribution in [1.82, 2.24) is 4.98 Å². The molecule has 0 unspecified atom stereocenters. The molecule has 0 saturated heterocycles. The summed E-state index contributed by atoms with van der Waals surface area (Å²) < 4.78 is 4.97. The maximum absolute atomic E-state index is 10.5. The Morgan fingerprint density at radius 2 is 2.50 bits per heavy atom. The number of hydrogen-bond donors (Lipinski definition) is 2. The van der Waals surface area contributed by atoms with Gasteiger partial charge in [0.2, 0.25) is 0 Å². The number of methoxy groups -OCH3 is 1. The molecule has 1 aromatic heterocycles. The van der Waals surface area contributed by atoms with Crippen molar-refractivity contribution in [1.29, 1.82) is 0 Å². The standard InChI is InChI=1S/C9H12N2O3/c1-14-7-2-3-11-6(4-7)5-8(10)9(12)13/h2-4,8H,5,10H2,1H3,(H,12,13)/t8-/m1/s1. The van der Waals surface area contributed by atoms with Gasteiger partial charge >= 0.3 is 5.97 Å². The molecule has 0 radical (unpaired) electrons. The highest BCUT2D eigenvalue weighted by molar-refractivity contribution is 5.73. The van der Waals surface area contributed by atoms with E-state index in [4.69, 9.17) is 15.6 Å². The molecular formula is C9H12N2O3. The van der Waals surface area contributed by atoms with Crippen LogP contribution in [0.3, 0.4) is 0 Å². The molecule has 5 nitrogen and oxygen atoms in total. The number of hydrogen-bond acceptors (Lipinski definition) is 4. The molecule has 0 aliphatic carbocycles. The van der Waals surface area contributed by atoms with Gasteiger partial charge in [-0.25, -0.2) is 0 Å². The van der Waals surface area contributed by atoms with Gasteiger partial charge in [-0.3, -0.25) is 9.78 Å². The second-order valence-corrected chi connectivity index (χ2v) is 2.84. The number of ether oxygens (including phenoxy) is 1. The highest BCUT2D eigenvalue weighted by Crippen LogP contribution is 2.10. The topological polar surface area (TPSA) is 85.4 Å². The van der Waals surface area contributed by atoms with E-state index < -0.39 is 12.0 Å². The van der Waals surface area contributed by atoms with Crippen LogP contribution in [0.15, 0.2) is 18.3 Å². The van der Waals surface area contributed by atoms with Crippen molar-refractivity contribution in [3.63, 3.8) is 0 Å². The molecule has 14 heavy (non-hydrogen) atoms. The molecule has 0 fully saturated rings. The summed E-state index contributed by atoms with van der Waals surface area (Å²) in [5, 5.41) is 8.59. The predicted octanol–water partition coefficient (Wildman–Crippen LogP) is 0.0446. The third-order valence-electron chi connectivity index (χ3n) is 1.77. The summed E-state index contributed by atoms with van der Waals surface area (Å²) in [6, 6.07) is 2.44. The van der Waals surface area contributed by atoms with E-state index in [-0.39, 0.29) is 6.42 Å². The summed E-state index contributed by atoms with van der Waals surface area (Å²) >= 11 is 0. The van der Waals surface area contributed by atoms with E-state index in [1.807, 2.05) is 0 Å². The number of carboxylic acids is 1. The van der Waals surface area contributed by atoms with Crippen LogP contribution in [-0.4, -0.2) is 29.2 Å². The lowest BCUT2D eigenvalue weighted by Crippen LogP contribution is -2.32. The lowest BCUT2D eigenvalue weighted by atomic mass is 10.1. The third-order valence-corrected chi connectivity index (χ3v) is 1.77. The molecule has 0 aliphatic rings. The van der Waals surface area contributed by atoms with Gasteiger partial charge in [-0.2, -0.15) is 0 Å². The number of rotatable bonds is 4. The van der Waals surface area contributed by atoms with Crippen LogP contribution < -0.4 is 10.5 Å². The first kappa shape index (κ1) is 10.5. The summed E-state index contributed by atoms with van der Waals surface area (Å²) in [7, 11) is 1.54. The Morgan fingerprint density at radius 3 is 3.07 bits per heavy atom. The number of pyridine rings is 1. The molecule has 5 heteroatoms. The zero-order valence-corrected chi connectivity index (χ0v) is 7.80. The first-order valence-electron chi connectivity index (χ1n) is 4.11. The van der Waals surface area contributed by atoms with Gasteiger partial charge in [0.05, 0.1) is 7.11 Å². The minimum absolute atomic E-state index is 0.201. The Kier molecular flexibility index (Phi) is 3.41. The van der Waals surface area contributed by atoms with Crippen molar-refractivity contribution < 1.29 is 14.6 Å². The normalized spacial score (nSPS) is 12.1. The fourth-order valence-corrected chi connectivity index (χ4v) is 1.01. The molecule has 0 spiro atoms. The van der Waals surface area contributed by atoms with E-state index in [0.717, 1.165) is 0 Å². The van der Waals surface area contributed by atoms with Crippen LogP contribution in [0.5, 0.6) is 5.75 Å². The Hall–Kier alpha value is -1.62. The molecule has 0 amide bonds. The van der Waals surface area contributed by atoms with Gasteiger partial charge in [0, 0.05) is 24.4 Å². The Labute approximate surface area is 81.5 Å². The maximum Gasteiger partial charge on any atom is 0.320 e. The van der Waals surface area contributed by atoms with Gasteiger partial charge in [0.25, 0.3) is 0 Å². The molecule has 1 rings (SSSR count). The molecule has 76 valence electrons. The van der Waals surface area contributed by atoms with E-state index in [1.165, 1.54) is 7.11 Å². The summed E-state index contributed by atoms with van der Waals surface area (Å²) in [5.41, 5.74) is 5.97. The highest BCUT2D eigenvalue weighted by Gasteiger charge is 2.12. The number of aliphatic carboxylic acids is 1. The van der Waals surface area contributed by atoms with Gasteiger partial charge in [0.15, 0.2) is 0 Å². The van der Waals surface area contributed by atoms with Gasteiger partial charge in [-0.05, 0) is 6.07 Å². The van der Waals surface area contributed by atoms with E-state index in [2.05, 4.69) is 4.98 Å². The monoisotopic (exact) mass is 196 g/mol. The fraction of sp³-hybridized carbons (Fsp3) is 0.333. The molecule has 0 bridgehead atoms. The summed E-state index contributed by atoms with van der Waals surface area (Å²) in [4.78, 5) is 14.5. The molecule has 3 N–H and O–H groups in total. The summed E-state index contributed by atoms with van der Waals surface area (Å²) in [5.74, 6) is -0.387. The lowest BCUT2D eigenvalue weighted by molar-refractivity contribution is -0.138. The van der Waals surface area contributed by atoms with E-state index >= 15 is 0 Å². The van der Waals surface area contributed by atoms with Crippen LogP contribution >= 0.6 is 0 Å². The van der Waals surface area contributed by atoms with Gasteiger partial charge < -0.3 is 15.6 Å². The lowest BCUT2D eigenvalue weighted by Gasteiger charge is -2.06. The van der Waals surface area contributed by atoms with Crippen molar-refractivity contribution in [2.24, 2.45) is 5.73 Å². The van der Waals surface area contributed by atoms with Crippen molar-refractivity contribution in [2.75, 3.05) is 7.11 Å². The second-order valence-electron chi connectivity index (χ2n) is 2.84. The van der Waals surface area contributed by atoms with Crippen LogP contribution in [-0.2, 0) is 11.2 Å². The molecule has 1 heterocycles. The van der Waals surface area contributed by atoms with Crippen molar-refractivity contribution in [2.45, 2.75) is 12.5 Å². The number of aromatic nitrogens is 1. The van der Waals surface area contributed by atoms with Crippen LogP contribution in [0, 0.1) is 0 Å². The number of nitrogens with two attached hydrogens (primary N) is 1. The Balaban J connectivity index is 2.71. The van der Waals surface area contributed by atoms with Crippen LogP contribution in [0.25, 0.3) is 0 Å². The molecule has 0 aromatic carbocycles. The van der Waals surface area contributed by atoms with Crippen molar-refractivity contribution in [3.8, 4) is 5.75 Å². The van der Waals surface area contributed by atoms with Gasteiger partial charge in [-0.1, -0.05) is 0 Å². The minimum Gasteiger partial charge on any atom is -0.497 e. The first-order chi connectivity index (χ1) is 6.63. The molecule has 1 atom stereocenters. The first-order valence-corrected chi connectivity index (χ1v) is 4.11. The van der Waals surface area contributed by atoms with Crippen molar-refractivity contribution in [3.05, 3.63) is 24.0 Å². The van der Waals surface area contributed by atoms with E-state index in [0.29, 0.717) is 11.4 Å². The van der Waals surface area contributed by atoms with Gasteiger partial charge in [0.1, 0.15) is 11.8 Å². The number of nitrogens with zero attached hydrogens (tertiary/aromatic N) is 1. The molecule has 0 aliphatic heterocycles. The zero-order chi connectivity index (χ0) is 10.6. The third kappa shape index (κ3) is 2.70. The quantitative estimate of drug-likeness (QED) is 0.710. The molecular weight excluding hydrogens is 184 g/mol. The Bertz CT molecular complexity index is 328. The van der Waals surface area contributed by atoms with Crippen LogP contribution in [0.1, 0.15) is 5.69 Å². The zero-order valence-electron chi connectivity index (χ0n) is 7.80. The predicted molar refractivity (Wildman–Crippen MR) is 50.1 cm³/mol. The van der Waals surface area contributed by atoms with E-state index in [1.54, 1.807) is 18.3 Å². The molecule has 0 saturated carbocycles. The highest BCUT2D eigenvalue weighted by atomic mass is 16.5. The SMILES string of the molecule is COc1ccnc(C[C@@H](N)C(=O)O)c1. The number of carboxylic acid groups (broad SMARTS) is 1. The van der Waals surface area contributed by atoms with Crippen LogP contribution in [0.4, 0.5) is 0 Å².